The van der Waals surface area contributed by atoms with Crippen molar-refractivity contribution >= 4 is 23.3 Å². The summed E-state index contributed by atoms with van der Waals surface area (Å²) in [4.78, 5) is 16.0. The maximum Gasteiger partial charge on any atom is 0.322 e. The Hall–Kier alpha value is -2.42. The molecule has 1 N–H and O–H groups in total. The third-order valence-electron chi connectivity index (χ3n) is 2.36. The van der Waals surface area contributed by atoms with Crippen molar-refractivity contribution in [3.05, 3.63) is 22.4 Å². The van der Waals surface area contributed by atoms with Crippen molar-refractivity contribution in [3.63, 3.8) is 0 Å². The molecule has 0 radical (unpaired) electrons. The summed E-state index contributed by atoms with van der Waals surface area (Å²) in [6.07, 6.45) is 1.25. The maximum absolute atomic E-state index is 11.8. The van der Waals surface area contributed by atoms with E-state index in [1.165, 1.54) is 17.6 Å². The lowest BCUT2D eigenvalue weighted by molar-refractivity contribution is -0.117. The zero-order valence-corrected chi connectivity index (χ0v) is 11.3. The molecule has 104 valence electrons. The van der Waals surface area contributed by atoms with Crippen LogP contribution in [0.25, 0.3) is 11.6 Å². The van der Waals surface area contributed by atoms with Crippen LogP contribution >= 0.6 is 11.3 Å². The van der Waals surface area contributed by atoms with Crippen molar-refractivity contribution < 1.29 is 18.7 Å². The summed E-state index contributed by atoms with van der Waals surface area (Å²) < 4.78 is 15.4. The van der Waals surface area contributed by atoms with Crippen LogP contribution in [0.5, 0.6) is 0 Å². The first-order valence-corrected chi connectivity index (χ1v) is 6.62. The third-order valence-corrected chi connectivity index (χ3v) is 3.13. The molecule has 0 saturated heterocycles. The van der Waals surface area contributed by atoms with Gasteiger partial charge in [-0.25, -0.2) is 4.98 Å². The van der Waals surface area contributed by atoms with E-state index in [4.69, 9.17) is 13.9 Å². The summed E-state index contributed by atoms with van der Waals surface area (Å²) in [5.41, 5.74) is 0.581. The molecule has 0 fully saturated rings. The molecule has 20 heavy (non-hydrogen) atoms. The van der Waals surface area contributed by atoms with E-state index >= 15 is 0 Å². The third kappa shape index (κ3) is 2.62. The van der Waals surface area contributed by atoms with Crippen LogP contribution in [0.1, 0.15) is 5.01 Å². The molecule has 2 aromatic heterocycles. The van der Waals surface area contributed by atoms with E-state index in [0.29, 0.717) is 18.9 Å². The first-order chi connectivity index (χ1) is 9.72. The van der Waals surface area contributed by atoms with Crippen LogP contribution in [-0.4, -0.2) is 34.3 Å². The number of nitrogens with one attached hydrogen (secondary N) is 1. The fraction of sp³-hybridized carbons (Fsp3) is 0.273. The number of thiazole rings is 1. The first-order valence-electron chi connectivity index (χ1n) is 5.74. The SMILES string of the molecule is Cc1nc(-c2nnc(NC(=O)C3=COCCO3)o2)cs1. The standard InChI is InChI=1S/C11H10N4O4S/c1-6-12-7(5-20-6)10-14-15-11(19-10)13-9(16)8-4-17-2-3-18-8/h4-5H,2-3H2,1H3,(H,13,15,16). The molecule has 0 atom stereocenters. The van der Waals surface area contributed by atoms with Gasteiger partial charge in [-0.1, -0.05) is 5.10 Å². The molecule has 0 aromatic carbocycles. The summed E-state index contributed by atoms with van der Waals surface area (Å²) in [6, 6.07) is -0.0225. The molecule has 1 aliphatic heterocycles. The summed E-state index contributed by atoms with van der Waals surface area (Å²) in [5, 5.41) is 12.7. The minimum absolute atomic E-state index is 0.0225. The molecule has 1 amide bonds. The Morgan fingerprint density at radius 1 is 1.40 bits per heavy atom. The minimum atomic E-state index is -0.505. The van der Waals surface area contributed by atoms with Gasteiger partial charge in [-0.3, -0.25) is 10.1 Å². The van der Waals surface area contributed by atoms with Crippen LogP contribution in [0, 0.1) is 6.92 Å². The molecule has 3 heterocycles. The predicted molar refractivity (Wildman–Crippen MR) is 68.8 cm³/mol. The monoisotopic (exact) mass is 294 g/mol. The second-order valence-corrected chi connectivity index (χ2v) is 4.88. The highest BCUT2D eigenvalue weighted by molar-refractivity contribution is 7.09. The van der Waals surface area contributed by atoms with Gasteiger partial charge in [0.1, 0.15) is 25.2 Å². The topological polar surface area (TPSA) is 99.4 Å². The van der Waals surface area contributed by atoms with Gasteiger partial charge in [-0.2, -0.15) is 0 Å². The van der Waals surface area contributed by atoms with Crippen LogP contribution in [0.15, 0.2) is 21.8 Å². The number of carbonyl (C=O) groups is 1. The number of amides is 1. The molecule has 9 heteroatoms. The van der Waals surface area contributed by atoms with Crippen molar-refractivity contribution in [2.45, 2.75) is 6.92 Å². The smallest absolute Gasteiger partial charge is 0.322 e. The summed E-state index contributed by atoms with van der Waals surface area (Å²) in [5.74, 6) is -0.186. The summed E-state index contributed by atoms with van der Waals surface area (Å²) >= 11 is 1.47. The second-order valence-electron chi connectivity index (χ2n) is 3.82. The Labute approximate surface area is 117 Å². The highest BCUT2D eigenvalue weighted by Crippen LogP contribution is 2.21. The van der Waals surface area contributed by atoms with Gasteiger partial charge in [-0.15, -0.1) is 16.4 Å². The van der Waals surface area contributed by atoms with Crippen LogP contribution in [0.2, 0.25) is 0 Å². The van der Waals surface area contributed by atoms with Gasteiger partial charge in [0.25, 0.3) is 11.8 Å². The van der Waals surface area contributed by atoms with Crippen LogP contribution < -0.4 is 5.32 Å². The molecule has 2 aromatic rings. The Balaban J connectivity index is 1.71. The molecule has 0 aliphatic carbocycles. The molecule has 0 unspecified atom stereocenters. The van der Waals surface area contributed by atoms with Crippen molar-refractivity contribution in [1.82, 2.24) is 15.2 Å². The van der Waals surface area contributed by atoms with Gasteiger partial charge in [0, 0.05) is 5.38 Å². The highest BCUT2D eigenvalue weighted by Gasteiger charge is 2.18. The van der Waals surface area contributed by atoms with E-state index in [1.807, 2.05) is 6.92 Å². The normalized spacial score (nSPS) is 14.2. The zero-order valence-electron chi connectivity index (χ0n) is 10.5. The quantitative estimate of drug-likeness (QED) is 0.911. The van der Waals surface area contributed by atoms with Crippen LogP contribution in [-0.2, 0) is 14.3 Å². The number of aryl methyl sites for hydroxylation is 1. The van der Waals surface area contributed by atoms with Gasteiger partial charge in [0.15, 0.2) is 0 Å². The lowest BCUT2D eigenvalue weighted by atomic mass is 10.5. The maximum atomic E-state index is 11.8. The largest absolute Gasteiger partial charge is 0.494 e. The molecule has 0 saturated carbocycles. The molecular weight excluding hydrogens is 284 g/mol. The molecule has 0 bridgehead atoms. The molecule has 3 rings (SSSR count). The van der Waals surface area contributed by atoms with E-state index in [-0.39, 0.29) is 17.7 Å². The number of anilines is 1. The fourth-order valence-electron chi connectivity index (χ4n) is 1.49. The van der Waals surface area contributed by atoms with Gasteiger partial charge in [0.05, 0.1) is 5.01 Å². The number of rotatable bonds is 3. The second kappa shape index (κ2) is 5.29. The van der Waals surface area contributed by atoms with Crippen molar-refractivity contribution in [3.8, 4) is 11.6 Å². The number of hydrogen-bond donors (Lipinski definition) is 1. The fourth-order valence-corrected chi connectivity index (χ4v) is 2.07. The average Bonchev–Trinajstić information content (AvgIpc) is 3.09. The zero-order chi connectivity index (χ0) is 13.9. The van der Waals surface area contributed by atoms with Gasteiger partial charge >= 0.3 is 6.01 Å². The van der Waals surface area contributed by atoms with E-state index in [2.05, 4.69) is 20.5 Å². The Morgan fingerprint density at radius 2 is 2.30 bits per heavy atom. The summed E-state index contributed by atoms with van der Waals surface area (Å²) in [6.45, 7) is 2.62. The molecular formula is C11H10N4O4S. The van der Waals surface area contributed by atoms with Gasteiger partial charge < -0.3 is 13.9 Å². The predicted octanol–water partition coefficient (Wildman–Crippen LogP) is 1.33. The molecule has 0 spiro atoms. The number of carbonyl (C=O) groups excluding carboxylic acids is 1. The Kier molecular flexibility index (Phi) is 3.33. The van der Waals surface area contributed by atoms with Crippen LogP contribution in [0.4, 0.5) is 6.01 Å². The average molecular weight is 294 g/mol. The van der Waals surface area contributed by atoms with E-state index in [0.717, 1.165) is 5.01 Å². The summed E-state index contributed by atoms with van der Waals surface area (Å²) in [7, 11) is 0. The number of hydrogen-bond acceptors (Lipinski definition) is 8. The number of nitrogens with zero attached hydrogens (tertiary/aromatic N) is 3. The van der Waals surface area contributed by atoms with Gasteiger partial charge in [-0.05, 0) is 6.92 Å². The molecule has 1 aliphatic rings. The number of aromatic nitrogens is 3. The van der Waals surface area contributed by atoms with Crippen molar-refractivity contribution in [2.75, 3.05) is 18.5 Å². The van der Waals surface area contributed by atoms with Crippen LogP contribution in [0.3, 0.4) is 0 Å². The van der Waals surface area contributed by atoms with E-state index < -0.39 is 5.91 Å². The minimum Gasteiger partial charge on any atom is -0.494 e. The Morgan fingerprint density at radius 3 is 3.00 bits per heavy atom. The lowest BCUT2D eigenvalue weighted by Crippen LogP contribution is -2.21. The van der Waals surface area contributed by atoms with E-state index in [1.54, 1.807) is 5.38 Å². The number of ether oxygens (including phenoxy) is 2. The lowest BCUT2D eigenvalue weighted by Gasteiger charge is -2.13. The van der Waals surface area contributed by atoms with E-state index in [9.17, 15) is 4.79 Å². The van der Waals surface area contributed by atoms with Crippen molar-refractivity contribution in [2.24, 2.45) is 0 Å². The van der Waals surface area contributed by atoms with Gasteiger partial charge in [0.2, 0.25) is 5.76 Å². The highest BCUT2D eigenvalue weighted by atomic mass is 32.1. The van der Waals surface area contributed by atoms with Crippen molar-refractivity contribution in [1.29, 1.82) is 0 Å². The first kappa shape index (κ1) is 12.6. The molecule has 8 nitrogen and oxygen atoms in total. The Bertz CT molecular complexity index is 663.